The Hall–Kier alpha value is -1.30. The number of pyridine rings is 1. The van der Waals surface area contributed by atoms with Crippen LogP contribution in [0.1, 0.15) is 5.56 Å². The van der Waals surface area contributed by atoms with E-state index in [0.29, 0.717) is 6.54 Å². The van der Waals surface area contributed by atoms with E-state index in [1.807, 2.05) is 36.5 Å². The van der Waals surface area contributed by atoms with Gasteiger partial charge in [-0.2, -0.15) is 0 Å². The van der Waals surface area contributed by atoms with Crippen molar-refractivity contribution in [3.63, 3.8) is 0 Å². The summed E-state index contributed by atoms with van der Waals surface area (Å²) in [5, 5.41) is 0. The van der Waals surface area contributed by atoms with Crippen LogP contribution in [0.15, 0.2) is 47.4 Å². The molecule has 0 aliphatic rings. The molecule has 1 aromatic carbocycles. The zero-order valence-corrected chi connectivity index (χ0v) is 12.3. The van der Waals surface area contributed by atoms with E-state index in [9.17, 15) is 4.79 Å². The van der Waals surface area contributed by atoms with Crippen LogP contribution in [-0.2, 0) is 13.0 Å². The summed E-state index contributed by atoms with van der Waals surface area (Å²) in [5.74, 6) is 0.852. The molecule has 94 valence electrons. The van der Waals surface area contributed by atoms with E-state index in [-0.39, 0.29) is 5.56 Å². The number of halogens is 1. The maximum absolute atomic E-state index is 11.6. The lowest BCUT2D eigenvalue weighted by Gasteiger charge is -2.07. The summed E-state index contributed by atoms with van der Waals surface area (Å²) in [6.07, 6.45) is 2.72. The Morgan fingerprint density at radius 3 is 2.56 bits per heavy atom. The van der Waals surface area contributed by atoms with Crippen LogP contribution >= 0.6 is 22.6 Å². The molecule has 0 saturated heterocycles. The highest BCUT2D eigenvalue weighted by Gasteiger charge is 1.99. The number of ether oxygens (including phenoxy) is 1. The Morgan fingerprint density at radius 1 is 1.17 bits per heavy atom. The number of benzene rings is 1. The van der Waals surface area contributed by atoms with E-state index >= 15 is 0 Å². The van der Waals surface area contributed by atoms with Gasteiger partial charge in [0.25, 0.3) is 5.56 Å². The first-order valence-corrected chi connectivity index (χ1v) is 6.76. The summed E-state index contributed by atoms with van der Waals surface area (Å²) < 4.78 is 7.92. The van der Waals surface area contributed by atoms with Crippen LogP contribution in [0.3, 0.4) is 0 Å². The summed E-state index contributed by atoms with van der Waals surface area (Å²) in [4.78, 5) is 11.6. The summed E-state index contributed by atoms with van der Waals surface area (Å²) in [6.45, 7) is 0.696. The average molecular weight is 355 g/mol. The smallest absolute Gasteiger partial charge is 0.250 e. The van der Waals surface area contributed by atoms with Crippen molar-refractivity contribution in [2.24, 2.45) is 0 Å². The third-order valence-corrected chi connectivity index (χ3v) is 3.39. The standard InChI is InChI=1S/C14H14INO2/c1-18-13-5-2-11(3-6-13)8-9-16-10-12(15)4-7-14(16)17/h2-7,10H,8-9H2,1H3. The molecule has 0 aliphatic carbocycles. The number of hydrogen-bond acceptors (Lipinski definition) is 2. The molecule has 0 saturated carbocycles. The third kappa shape index (κ3) is 3.35. The Morgan fingerprint density at radius 2 is 1.89 bits per heavy atom. The molecule has 1 aromatic heterocycles. The minimum atomic E-state index is 0.0453. The van der Waals surface area contributed by atoms with Gasteiger partial charge in [0.05, 0.1) is 7.11 Å². The van der Waals surface area contributed by atoms with Crippen LogP contribution in [0.2, 0.25) is 0 Å². The minimum Gasteiger partial charge on any atom is -0.497 e. The number of aryl methyl sites for hydroxylation is 2. The quantitative estimate of drug-likeness (QED) is 0.790. The van der Waals surface area contributed by atoms with Gasteiger partial charge in [-0.25, -0.2) is 0 Å². The van der Waals surface area contributed by atoms with Gasteiger partial charge in [-0.05, 0) is 52.8 Å². The van der Waals surface area contributed by atoms with E-state index in [1.165, 1.54) is 5.56 Å². The van der Waals surface area contributed by atoms with Crippen LogP contribution in [-0.4, -0.2) is 11.7 Å². The molecule has 0 fully saturated rings. The van der Waals surface area contributed by atoms with Crippen molar-refractivity contribution >= 4 is 22.6 Å². The molecule has 0 atom stereocenters. The van der Waals surface area contributed by atoms with Crippen molar-refractivity contribution in [1.82, 2.24) is 4.57 Å². The normalized spacial score (nSPS) is 10.3. The van der Waals surface area contributed by atoms with Crippen molar-refractivity contribution in [2.45, 2.75) is 13.0 Å². The van der Waals surface area contributed by atoms with E-state index in [4.69, 9.17) is 4.74 Å². The second-order valence-corrected chi connectivity index (χ2v) is 5.22. The van der Waals surface area contributed by atoms with Crippen molar-refractivity contribution < 1.29 is 4.74 Å². The fourth-order valence-electron chi connectivity index (χ4n) is 1.72. The van der Waals surface area contributed by atoms with Crippen molar-refractivity contribution in [3.8, 4) is 5.75 Å². The molecule has 0 bridgehead atoms. The van der Waals surface area contributed by atoms with Crippen LogP contribution in [0.25, 0.3) is 0 Å². The van der Waals surface area contributed by atoms with Gasteiger partial charge < -0.3 is 9.30 Å². The molecule has 2 aromatic rings. The lowest BCUT2D eigenvalue weighted by molar-refractivity contribution is 0.414. The van der Waals surface area contributed by atoms with Gasteiger partial charge in [-0.3, -0.25) is 4.79 Å². The summed E-state index contributed by atoms with van der Waals surface area (Å²) in [7, 11) is 1.65. The van der Waals surface area contributed by atoms with Gasteiger partial charge in [-0.1, -0.05) is 12.1 Å². The minimum absolute atomic E-state index is 0.0453. The Kier molecular flexibility index (Phi) is 4.41. The Balaban J connectivity index is 2.06. The lowest BCUT2D eigenvalue weighted by Crippen LogP contribution is -2.19. The first kappa shape index (κ1) is 13.1. The molecule has 3 nitrogen and oxygen atoms in total. The lowest BCUT2D eigenvalue weighted by atomic mass is 10.1. The summed E-state index contributed by atoms with van der Waals surface area (Å²) >= 11 is 2.21. The molecule has 0 spiro atoms. The molecule has 0 unspecified atom stereocenters. The fraction of sp³-hybridized carbons (Fsp3) is 0.214. The fourth-order valence-corrected chi connectivity index (χ4v) is 2.23. The van der Waals surface area contributed by atoms with Gasteiger partial charge >= 0.3 is 0 Å². The van der Waals surface area contributed by atoms with Crippen molar-refractivity contribution in [3.05, 3.63) is 62.1 Å². The molecule has 18 heavy (non-hydrogen) atoms. The predicted octanol–water partition coefficient (Wildman–Crippen LogP) is 2.70. The number of rotatable bonds is 4. The Bertz CT molecular complexity index is 575. The highest BCUT2D eigenvalue weighted by molar-refractivity contribution is 14.1. The van der Waals surface area contributed by atoms with Gasteiger partial charge in [0, 0.05) is 22.4 Å². The van der Waals surface area contributed by atoms with Gasteiger partial charge in [-0.15, -0.1) is 0 Å². The number of methoxy groups -OCH3 is 1. The topological polar surface area (TPSA) is 31.2 Å². The van der Waals surface area contributed by atoms with Crippen LogP contribution < -0.4 is 10.3 Å². The highest BCUT2D eigenvalue weighted by Crippen LogP contribution is 2.12. The van der Waals surface area contributed by atoms with E-state index in [2.05, 4.69) is 22.6 Å². The monoisotopic (exact) mass is 355 g/mol. The SMILES string of the molecule is COc1ccc(CCn2cc(I)ccc2=O)cc1. The molecular formula is C14H14INO2. The second-order valence-electron chi connectivity index (χ2n) is 3.98. The van der Waals surface area contributed by atoms with Crippen molar-refractivity contribution in [1.29, 1.82) is 0 Å². The van der Waals surface area contributed by atoms with Crippen LogP contribution in [0, 0.1) is 3.57 Å². The highest BCUT2D eigenvalue weighted by atomic mass is 127. The molecule has 1 heterocycles. The molecular weight excluding hydrogens is 341 g/mol. The molecule has 0 radical (unpaired) electrons. The summed E-state index contributed by atoms with van der Waals surface area (Å²) in [5.41, 5.74) is 1.24. The maximum Gasteiger partial charge on any atom is 0.250 e. The van der Waals surface area contributed by atoms with Gasteiger partial charge in [0.2, 0.25) is 0 Å². The molecule has 0 N–H and O–H groups in total. The second kappa shape index (κ2) is 6.04. The molecule has 2 rings (SSSR count). The van der Waals surface area contributed by atoms with Crippen LogP contribution in [0.4, 0.5) is 0 Å². The zero-order chi connectivity index (χ0) is 13.0. The maximum atomic E-state index is 11.6. The number of aromatic nitrogens is 1. The van der Waals surface area contributed by atoms with Crippen molar-refractivity contribution in [2.75, 3.05) is 7.11 Å². The average Bonchev–Trinajstić information content (AvgIpc) is 2.40. The van der Waals surface area contributed by atoms with E-state index in [0.717, 1.165) is 15.7 Å². The summed E-state index contributed by atoms with van der Waals surface area (Å²) in [6, 6.07) is 11.4. The first-order valence-electron chi connectivity index (χ1n) is 5.68. The largest absolute Gasteiger partial charge is 0.497 e. The number of hydrogen-bond donors (Lipinski definition) is 0. The van der Waals surface area contributed by atoms with Crippen LogP contribution in [0.5, 0.6) is 5.75 Å². The molecule has 0 aliphatic heterocycles. The number of nitrogens with zero attached hydrogens (tertiary/aromatic N) is 1. The van der Waals surface area contributed by atoms with E-state index < -0.39 is 0 Å². The Labute approximate surface area is 120 Å². The third-order valence-electron chi connectivity index (χ3n) is 2.75. The van der Waals surface area contributed by atoms with Gasteiger partial charge in [0.1, 0.15) is 5.75 Å². The van der Waals surface area contributed by atoms with E-state index in [1.54, 1.807) is 17.7 Å². The first-order chi connectivity index (χ1) is 8.69. The predicted molar refractivity (Wildman–Crippen MR) is 80.1 cm³/mol. The molecule has 0 amide bonds. The van der Waals surface area contributed by atoms with Gasteiger partial charge in [0.15, 0.2) is 0 Å². The zero-order valence-electron chi connectivity index (χ0n) is 10.1. The molecule has 4 heteroatoms.